The monoisotopic (exact) mass is 287 g/mol. The molecular formula is C17H21NO3. The second kappa shape index (κ2) is 4.97. The van der Waals surface area contributed by atoms with Crippen LogP contribution in [0.2, 0.25) is 0 Å². The van der Waals surface area contributed by atoms with E-state index in [2.05, 4.69) is 4.90 Å². The fourth-order valence-corrected chi connectivity index (χ4v) is 2.91. The summed E-state index contributed by atoms with van der Waals surface area (Å²) in [7, 11) is 0. The molecule has 2 aromatic rings. The number of fused-ring (bicyclic) bond motifs is 1. The van der Waals surface area contributed by atoms with E-state index in [0.717, 1.165) is 16.5 Å². The lowest BCUT2D eigenvalue weighted by Gasteiger charge is -2.49. The molecule has 0 atom stereocenters. The molecule has 0 unspecified atom stereocenters. The van der Waals surface area contributed by atoms with Crippen molar-refractivity contribution in [3.8, 4) is 0 Å². The first-order valence-corrected chi connectivity index (χ1v) is 7.35. The van der Waals surface area contributed by atoms with Crippen LogP contribution >= 0.6 is 0 Å². The molecule has 3 rings (SSSR count). The Kier molecular flexibility index (Phi) is 3.38. The van der Waals surface area contributed by atoms with Gasteiger partial charge in [-0.15, -0.1) is 0 Å². The van der Waals surface area contributed by atoms with Crippen LogP contribution < -0.4 is 5.63 Å². The minimum absolute atomic E-state index is 0.244. The van der Waals surface area contributed by atoms with Crippen molar-refractivity contribution in [2.75, 3.05) is 13.1 Å². The largest absolute Gasteiger partial charge is 0.423 e. The molecule has 1 N–H and O–H groups in total. The van der Waals surface area contributed by atoms with Gasteiger partial charge in [-0.2, -0.15) is 0 Å². The summed E-state index contributed by atoms with van der Waals surface area (Å²) >= 11 is 0. The highest BCUT2D eigenvalue weighted by molar-refractivity contribution is 5.80. The second-order valence-corrected chi connectivity index (χ2v) is 6.49. The molecule has 1 aliphatic rings. The van der Waals surface area contributed by atoms with Gasteiger partial charge in [0, 0.05) is 31.1 Å². The first-order chi connectivity index (χ1) is 9.87. The molecule has 1 fully saturated rings. The second-order valence-electron chi connectivity index (χ2n) is 6.49. The first-order valence-electron chi connectivity index (χ1n) is 7.35. The average molecular weight is 287 g/mol. The summed E-state index contributed by atoms with van der Waals surface area (Å²) in [4.78, 5) is 13.9. The zero-order valence-electron chi connectivity index (χ0n) is 12.7. The highest BCUT2D eigenvalue weighted by Crippen LogP contribution is 2.30. The van der Waals surface area contributed by atoms with Crippen molar-refractivity contribution in [2.24, 2.45) is 5.92 Å². The Hall–Kier alpha value is -1.65. The number of aryl methyl sites for hydroxylation is 1. The molecular weight excluding hydrogens is 266 g/mol. The van der Waals surface area contributed by atoms with Crippen LogP contribution in [0, 0.1) is 12.8 Å². The quantitative estimate of drug-likeness (QED) is 0.880. The Morgan fingerprint density at radius 2 is 2.05 bits per heavy atom. The van der Waals surface area contributed by atoms with E-state index in [4.69, 9.17) is 4.42 Å². The summed E-state index contributed by atoms with van der Waals surface area (Å²) in [6, 6.07) is 7.47. The van der Waals surface area contributed by atoms with Gasteiger partial charge in [0.15, 0.2) is 0 Å². The van der Waals surface area contributed by atoms with E-state index >= 15 is 0 Å². The minimum Gasteiger partial charge on any atom is -0.423 e. The van der Waals surface area contributed by atoms with Gasteiger partial charge in [0.1, 0.15) is 5.58 Å². The van der Waals surface area contributed by atoms with Gasteiger partial charge in [-0.05, 0) is 30.0 Å². The molecule has 112 valence electrons. The van der Waals surface area contributed by atoms with E-state index in [1.54, 1.807) is 6.07 Å². The molecule has 0 amide bonds. The lowest BCUT2D eigenvalue weighted by molar-refractivity contribution is -0.130. The van der Waals surface area contributed by atoms with Gasteiger partial charge < -0.3 is 9.52 Å². The Morgan fingerprint density at radius 3 is 2.71 bits per heavy atom. The Bertz CT molecular complexity index is 726. The number of β-amino-alcohol motifs (C(OH)–C–C–N with tert-alkyl or cyclic N) is 1. The summed E-state index contributed by atoms with van der Waals surface area (Å²) in [5.41, 5.74) is 1.76. The van der Waals surface area contributed by atoms with E-state index in [1.807, 2.05) is 39.0 Å². The molecule has 0 bridgehead atoms. The van der Waals surface area contributed by atoms with Crippen molar-refractivity contribution in [3.63, 3.8) is 0 Å². The highest BCUT2D eigenvalue weighted by atomic mass is 16.4. The molecule has 4 nitrogen and oxygen atoms in total. The van der Waals surface area contributed by atoms with Crippen LogP contribution in [0.4, 0.5) is 0 Å². The van der Waals surface area contributed by atoms with Gasteiger partial charge >= 0.3 is 5.63 Å². The lowest BCUT2D eigenvalue weighted by atomic mass is 9.83. The number of rotatable bonds is 3. The van der Waals surface area contributed by atoms with Crippen molar-refractivity contribution >= 4 is 11.0 Å². The molecule has 1 saturated heterocycles. The number of likely N-dealkylation sites (tertiary alicyclic amines) is 1. The molecule has 1 aromatic carbocycles. The molecule has 0 saturated carbocycles. The molecule has 2 heterocycles. The third-order valence-corrected chi connectivity index (χ3v) is 4.45. The maximum atomic E-state index is 11.7. The molecule has 1 aromatic heterocycles. The molecule has 0 spiro atoms. The minimum atomic E-state index is -0.591. The summed E-state index contributed by atoms with van der Waals surface area (Å²) < 4.78 is 5.27. The van der Waals surface area contributed by atoms with Crippen molar-refractivity contribution in [2.45, 2.75) is 32.9 Å². The molecule has 0 radical (unpaired) electrons. The van der Waals surface area contributed by atoms with Gasteiger partial charge in [-0.25, -0.2) is 4.79 Å². The maximum absolute atomic E-state index is 11.7. The van der Waals surface area contributed by atoms with E-state index in [1.165, 1.54) is 0 Å². The van der Waals surface area contributed by atoms with Crippen molar-refractivity contribution < 1.29 is 9.52 Å². The summed E-state index contributed by atoms with van der Waals surface area (Å²) in [6.07, 6.45) is 0. The van der Waals surface area contributed by atoms with Crippen molar-refractivity contribution in [1.29, 1.82) is 0 Å². The zero-order valence-corrected chi connectivity index (χ0v) is 12.7. The van der Waals surface area contributed by atoms with Gasteiger partial charge in [0.25, 0.3) is 0 Å². The van der Waals surface area contributed by atoms with Crippen LogP contribution in [0.25, 0.3) is 11.0 Å². The van der Waals surface area contributed by atoms with Crippen molar-refractivity contribution in [1.82, 2.24) is 4.90 Å². The fraction of sp³-hybridized carbons (Fsp3) is 0.471. The lowest BCUT2D eigenvalue weighted by Crippen LogP contribution is -2.63. The Morgan fingerprint density at radius 1 is 1.33 bits per heavy atom. The van der Waals surface area contributed by atoms with Crippen LogP contribution in [-0.2, 0) is 6.54 Å². The third-order valence-electron chi connectivity index (χ3n) is 4.45. The van der Waals surface area contributed by atoms with Crippen LogP contribution in [0.1, 0.15) is 25.0 Å². The van der Waals surface area contributed by atoms with E-state index in [-0.39, 0.29) is 11.5 Å². The predicted molar refractivity (Wildman–Crippen MR) is 82.3 cm³/mol. The van der Waals surface area contributed by atoms with Crippen molar-refractivity contribution in [3.05, 3.63) is 45.8 Å². The van der Waals surface area contributed by atoms with E-state index in [0.29, 0.717) is 25.2 Å². The van der Waals surface area contributed by atoms with Gasteiger partial charge in [0.05, 0.1) is 5.60 Å². The third kappa shape index (κ3) is 2.61. The Labute approximate surface area is 124 Å². The average Bonchev–Trinajstić information content (AvgIpc) is 2.35. The predicted octanol–water partition coefficient (Wildman–Crippen LogP) is 2.30. The van der Waals surface area contributed by atoms with E-state index in [9.17, 15) is 9.90 Å². The fourth-order valence-electron chi connectivity index (χ4n) is 2.91. The topological polar surface area (TPSA) is 53.7 Å². The normalized spacial score (nSPS) is 18.1. The molecule has 1 aliphatic heterocycles. The SMILES string of the molecule is Cc1ccc2c(CN3CC(O)(C(C)C)C3)cc(=O)oc2c1. The standard InChI is InChI=1S/C17H21NO3/c1-11(2)17(20)9-18(10-17)8-13-7-16(19)21-15-6-12(3)4-5-14(13)15/h4-7,11,20H,8-10H2,1-3H3. The van der Waals surface area contributed by atoms with Crippen LogP contribution in [0.15, 0.2) is 33.5 Å². The number of hydrogen-bond acceptors (Lipinski definition) is 4. The maximum Gasteiger partial charge on any atom is 0.336 e. The summed E-state index contributed by atoms with van der Waals surface area (Å²) in [5.74, 6) is 0.244. The molecule has 0 aliphatic carbocycles. The molecule has 4 heteroatoms. The van der Waals surface area contributed by atoms with Gasteiger partial charge in [0.2, 0.25) is 0 Å². The number of benzene rings is 1. The van der Waals surface area contributed by atoms with Crippen LogP contribution in [-0.4, -0.2) is 28.7 Å². The first kappa shape index (κ1) is 14.3. The summed E-state index contributed by atoms with van der Waals surface area (Å²) in [5, 5.41) is 11.3. The smallest absolute Gasteiger partial charge is 0.336 e. The van der Waals surface area contributed by atoms with Gasteiger partial charge in [-0.1, -0.05) is 26.0 Å². The number of nitrogens with zero attached hydrogens (tertiary/aromatic N) is 1. The Balaban J connectivity index is 1.87. The molecule has 21 heavy (non-hydrogen) atoms. The summed E-state index contributed by atoms with van der Waals surface area (Å²) in [6.45, 7) is 8.01. The highest BCUT2D eigenvalue weighted by Gasteiger charge is 2.43. The van der Waals surface area contributed by atoms with E-state index < -0.39 is 5.60 Å². The number of hydrogen-bond donors (Lipinski definition) is 1. The van der Waals surface area contributed by atoms with Crippen LogP contribution in [0.3, 0.4) is 0 Å². The van der Waals surface area contributed by atoms with Gasteiger partial charge in [-0.3, -0.25) is 4.90 Å². The van der Waals surface area contributed by atoms with Crippen LogP contribution in [0.5, 0.6) is 0 Å². The number of aliphatic hydroxyl groups is 1. The zero-order chi connectivity index (χ0) is 15.2.